The number of rotatable bonds is 5. The molecule has 0 radical (unpaired) electrons. The minimum Gasteiger partial charge on any atom is -0.387 e. The Kier molecular flexibility index (Phi) is 6.30. The molecule has 1 heterocycles. The highest BCUT2D eigenvalue weighted by molar-refractivity contribution is 6.34. The van der Waals surface area contributed by atoms with E-state index in [1.165, 1.54) is 0 Å². The second kappa shape index (κ2) is 7.99. The molecule has 4 nitrogen and oxygen atoms in total. The third kappa shape index (κ3) is 5.47. The van der Waals surface area contributed by atoms with E-state index in [0.717, 1.165) is 38.0 Å². The number of carbonyl (C=O) groups is 1. The standard InChI is InChI=1S/C15H20Cl2N2O2/c16-13-4-12(5-14(17)6-13)9-19-3-1-2-11(8-19)7-18-15(21)10-20/h4-6,11,20H,1-3,7-10H2,(H,18,21)/t11-/m1/s1. The highest BCUT2D eigenvalue weighted by Crippen LogP contribution is 2.22. The van der Waals surface area contributed by atoms with Crippen LogP contribution in [0.25, 0.3) is 0 Å². The largest absolute Gasteiger partial charge is 0.387 e. The molecule has 1 aromatic rings. The summed E-state index contributed by atoms with van der Waals surface area (Å²) in [5.74, 6) is 0.109. The van der Waals surface area contributed by atoms with E-state index in [2.05, 4.69) is 10.2 Å². The van der Waals surface area contributed by atoms with Crippen molar-refractivity contribution in [2.75, 3.05) is 26.2 Å². The molecule has 21 heavy (non-hydrogen) atoms. The molecule has 1 fully saturated rings. The van der Waals surface area contributed by atoms with E-state index >= 15 is 0 Å². The highest BCUT2D eigenvalue weighted by Gasteiger charge is 2.20. The maximum absolute atomic E-state index is 11.1. The van der Waals surface area contributed by atoms with Crippen molar-refractivity contribution in [3.63, 3.8) is 0 Å². The Morgan fingerprint density at radius 3 is 2.71 bits per heavy atom. The lowest BCUT2D eigenvalue weighted by Gasteiger charge is -2.32. The molecule has 0 saturated carbocycles. The van der Waals surface area contributed by atoms with Gasteiger partial charge in [-0.25, -0.2) is 0 Å². The summed E-state index contributed by atoms with van der Waals surface area (Å²) < 4.78 is 0. The van der Waals surface area contributed by atoms with Gasteiger partial charge in [0, 0.05) is 29.7 Å². The quantitative estimate of drug-likeness (QED) is 0.871. The van der Waals surface area contributed by atoms with Gasteiger partial charge in [-0.05, 0) is 49.1 Å². The number of aliphatic hydroxyl groups excluding tert-OH is 1. The number of hydrogen-bond donors (Lipinski definition) is 2. The lowest BCUT2D eigenvalue weighted by atomic mass is 9.97. The maximum Gasteiger partial charge on any atom is 0.245 e. The van der Waals surface area contributed by atoms with E-state index in [-0.39, 0.29) is 5.91 Å². The smallest absolute Gasteiger partial charge is 0.245 e. The second-order valence-electron chi connectivity index (χ2n) is 5.48. The van der Waals surface area contributed by atoms with Crippen LogP contribution in [0.3, 0.4) is 0 Å². The number of aliphatic hydroxyl groups is 1. The van der Waals surface area contributed by atoms with Crippen molar-refractivity contribution < 1.29 is 9.90 Å². The molecule has 6 heteroatoms. The van der Waals surface area contributed by atoms with Gasteiger partial charge in [-0.2, -0.15) is 0 Å². The highest BCUT2D eigenvalue weighted by atomic mass is 35.5. The fourth-order valence-electron chi connectivity index (χ4n) is 2.74. The van der Waals surface area contributed by atoms with Crippen molar-refractivity contribution in [3.8, 4) is 0 Å². The van der Waals surface area contributed by atoms with Crippen molar-refractivity contribution in [1.29, 1.82) is 0 Å². The normalized spacial score (nSPS) is 19.5. The molecular formula is C15H20Cl2N2O2. The van der Waals surface area contributed by atoms with E-state index in [9.17, 15) is 4.79 Å². The zero-order chi connectivity index (χ0) is 15.2. The van der Waals surface area contributed by atoms with Crippen molar-refractivity contribution in [2.24, 2.45) is 5.92 Å². The van der Waals surface area contributed by atoms with E-state index in [1.807, 2.05) is 12.1 Å². The van der Waals surface area contributed by atoms with Crippen molar-refractivity contribution in [3.05, 3.63) is 33.8 Å². The number of carbonyl (C=O) groups excluding carboxylic acids is 1. The Balaban J connectivity index is 1.87. The summed E-state index contributed by atoms with van der Waals surface area (Å²) in [6.07, 6.45) is 2.20. The van der Waals surface area contributed by atoms with Crippen LogP contribution in [0.5, 0.6) is 0 Å². The first-order valence-corrected chi connectivity index (χ1v) is 7.87. The Labute approximate surface area is 135 Å². The fraction of sp³-hybridized carbons (Fsp3) is 0.533. The molecule has 0 spiro atoms. The van der Waals surface area contributed by atoms with Crippen LogP contribution in [0.1, 0.15) is 18.4 Å². The minimum absolute atomic E-state index is 0.311. The van der Waals surface area contributed by atoms with Crippen molar-refractivity contribution >= 4 is 29.1 Å². The first-order chi connectivity index (χ1) is 10.1. The third-order valence-corrected chi connectivity index (χ3v) is 4.10. The zero-order valence-corrected chi connectivity index (χ0v) is 13.3. The van der Waals surface area contributed by atoms with Crippen LogP contribution in [-0.4, -0.2) is 42.2 Å². The molecule has 0 aromatic heterocycles. The molecule has 0 unspecified atom stereocenters. The van der Waals surface area contributed by atoms with Gasteiger partial charge >= 0.3 is 0 Å². The van der Waals surface area contributed by atoms with E-state index < -0.39 is 6.61 Å². The number of amides is 1. The van der Waals surface area contributed by atoms with Crippen molar-refractivity contribution in [1.82, 2.24) is 10.2 Å². The van der Waals surface area contributed by atoms with E-state index in [1.54, 1.807) is 6.07 Å². The molecule has 0 bridgehead atoms. The Bertz CT molecular complexity index is 476. The number of likely N-dealkylation sites (tertiary alicyclic amines) is 1. The summed E-state index contributed by atoms with van der Waals surface area (Å²) in [4.78, 5) is 13.4. The number of nitrogens with zero attached hydrogens (tertiary/aromatic N) is 1. The average molecular weight is 331 g/mol. The van der Waals surface area contributed by atoms with Gasteiger partial charge in [-0.1, -0.05) is 23.2 Å². The molecule has 0 aliphatic carbocycles. The number of piperidine rings is 1. The maximum atomic E-state index is 11.1. The Morgan fingerprint density at radius 1 is 1.33 bits per heavy atom. The first kappa shape index (κ1) is 16.6. The van der Waals surface area contributed by atoms with Gasteiger partial charge in [0.1, 0.15) is 6.61 Å². The van der Waals surface area contributed by atoms with Crippen LogP contribution >= 0.6 is 23.2 Å². The topological polar surface area (TPSA) is 52.6 Å². The van der Waals surface area contributed by atoms with Gasteiger partial charge in [0.15, 0.2) is 0 Å². The fourth-order valence-corrected chi connectivity index (χ4v) is 3.31. The summed E-state index contributed by atoms with van der Waals surface area (Å²) in [5, 5.41) is 12.8. The van der Waals surface area contributed by atoms with Gasteiger partial charge in [0.25, 0.3) is 0 Å². The van der Waals surface area contributed by atoms with Gasteiger partial charge < -0.3 is 10.4 Å². The number of benzene rings is 1. The molecule has 1 amide bonds. The van der Waals surface area contributed by atoms with Crippen molar-refractivity contribution in [2.45, 2.75) is 19.4 Å². The molecular weight excluding hydrogens is 311 g/mol. The minimum atomic E-state index is -0.447. The SMILES string of the molecule is O=C(CO)NC[C@H]1CCCN(Cc2cc(Cl)cc(Cl)c2)C1. The zero-order valence-electron chi connectivity index (χ0n) is 11.8. The van der Waals surface area contributed by atoms with Crippen LogP contribution in [0.4, 0.5) is 0 Å². The summed E-state index contributed by atoms with van der Waals surface area (Å²) >= 11 is 12.0. The lowest BCUT2D eigenvalue weighted by Crippen LogP contribution is -2.41. The van der Waals surface area contributed by atoms with Gasteiger partial charge in [-0.15, -0.1) is 0 Å². The van der Waals surface area contributed by atoms with Crippen LogP contribution in [0, 0.1) is 5.92 Å². The van der Waals surface area contributed by atoms with Crippen LogP contribution in [-0.2, 0) is 11.3 Å². The van der Waals surface area contributed by atoms with Crippen LogP contribution < -0.4 is 5.32 Å². The van der Waals surface area contributed by atoms with E-state index in [0.29, 0.717) is 22.5 Å². The molecule has 116 valence electrons. The molecule has 1 saturated heterocycles. The summed E-state index contributed by atoms with van der Waals surface area (Å²) in [6.45, 7) is 2.94. The Hall–Kier alpha value is -0.810. The monoisotopic (exact) mass is 330 g/mol. The Morgan fingerprint density at radius 2 is 2.05 bits per heavy atom. The number of hydrogen-bond acceptors (Lipinski definition) is 3. The number of nitrogens with one attached hydrogen (secondary N) is 1. The predicted octanol–water partition coefficient (Wildman–Crippen LogP) is 2.31. The lowest BCUT2D eigenvalue weighted by molar-refractivity contribution is -0.124. The molecule has 2 N–H and O–H groups in total. The van der Waals surface area contributed by atoms with Crippen LogP contribution in [0.2, 0.25) is 10.0 Å². The molecule has 1 aliphatic rings. The summed E-state index contributed by atoms with van der Waals surface area (Å²) in [6, 6.07) is 5.60. The second-order valence-corrected chi connectivity index (χ2v) is 6.36. The molecule has 1 atom stereocenters. The van der Waals surface area contributed by atoms with Gasteiger partial charge in [-0.3, -0.25) is 9.69 Å². The van der Waals surface area contributed by atoms with Crippen LogP contribution in [0.15, 0.2) is 18.2 Å². The summed E-state index contributed by atoms with van der Waals surface area (Å²) in [5.41, 5.74) is 1.10. The third-order valence-electron chi connectivity index (χ3n) is 3.66. The number of halogens is 2. The molecule has 1 aromatic carbocycles. The predicted molar refractivity (Wildman–Crippen MR) is 84.6 cm³/mol. The van der Waals surface area contributed by atoms with Gasteiger partial charge in [0.05, 0.1) is 0 Å². The summed E-state index contributed by atoms with van der Waals surface area (Å²) in [7, 11) is 0. The van der Waals surface area contributed by atoms with E-state index in [4.69, 9.17) is 28.3 Å². The molecule has 1 aliphatic heterocycles. The first-order valence-electron chi connectivity index (χ1n) is 7.11. The average Bonchev–Trinajstić information content (AvgIpc) is 2.44. The van der Waals surface area contributed by atoms with Gasteiger partial charge in [0.2, 0.25) is 5.91 Å². The molecule has 2 rings (SSSR count).